The molecule has 150 valence electrons. The van der Waals surface area contributed by atoms with Gasteiger partial charge in [0.2, 0.25) is 0 Å². The molecule has 1 aromatic carbocycles. The van der Waals surface area contributed by atoms with Gasteiger partial charge in [-0.3, -0.25) is 4.68 Å². The normalized spacial score (nSPS) is 16.2. The van der Waals surface area contributed by atoms with Gasteiger partial charge in [-0.05, 0) is 30.5 Å². The van der Waals surface area contributed by atoms with E-state index in [-0.39, 0.29) is 18.7 Å². The van der Waals surface area contributed by atoms with Crippen LogP contribution in [0.15, 0.2) is 42.7 Å². The Morgan fingerprint density at radius 3 is 2.82 bits per heavy atom. The lowest BCUT2D eigenvalue weighted by molar-refractivity contribution is 0.237. The number of carbonyl (C=O) groups is 1. The lowest BCUT2D eigenvalue weighted by atomic mass is 10.2. The van der Waals surface area contributed by atoms with Crippen molar-refractivity contribution >= 4 is 11.7 Å². The van der Waals surface area contributed by atoms with E-state index in [4.69, 9.17) is 10.8 Å². The van der Waals surface area contributed by atoms with Crippen LogP contribution in [0.2, 0.25) is 0 Å². The van der Waals surface area contributed by atoms with Crippen LogP contribution in [0, 0.1) is 0 Å². The average Bonchev–Trinajstić information content (AvgIpc) is 3.35. The first kappa shape index (κ1) is 19.7. The number of nitrogens with one attached hydrogen (secondary N) is 2. The lowest BCUT2D eigenvalue weighted by Crippen LogP contribution is -2.40. The Balaban J connectivity index is 1.43. The van der Waals surface area contributed by atoms with Gasteiger partial charge in [-0.15, -0.1) is 5.10 Å². The molecular weight excluding hydrogens is 358 g/mol. The maximum atomic E-state index is 12.1. The number of rotatable bonds is 8. The van der Waals surface area contributed by atoms with Crippen LogP contribution in [0.1, 0.15) is 24.1 Å². The Morgan fingerprint density at radius 2 is 2.11 bits per heavy atom. The second-order valence-corrected chi connectivity index (χ2v) is 6.92. The van der Waals surface area contributed by atoms with E-state index in [0.717, 1.165) is 30.6 Å². The van der Waals surface area contributed by atoms with Crippen molar-refractivity contribution in [2.24, 2.45) is 0 Å². The molecule has 9 heteroatoms. The number of carbonyl (C=O) groups excluding carboxylic acids is 1. The van der Waals surface area contributed by atoms with Gasteiger partial charge in [0.15, 0.2) is 0 Å². The fourth-order valence-corrected chi connectivity index (χ4v) is 3.32. The molecule has 0 unspecified atom stereocenters. The van der Waals surface area contributed by atoms with E-state index in [2.05, 4.69) is 32.4 Å². The first-order chi connectivity index (χ1) is 13.5. The van der Waals surface area contributed by atoms with Crippen LogP contribution in [-0.4, -0.2) is 50.2 Å². The van der Waals surface area contributed by atoms with Gasteiger partial charge in [0.05, 0.1) is 25.9 Å². The number of benzene rings is 1. The zero-order valence-electron chi connectivity index (χ0n) is 15.8. The standard InChI is InChI=1S/C19H27N7O2/c1-14(9-21-19(28)22-10-15-4-6-16(20)7-5-15)26-8-2-3-18(26)12-25-11-17(13-27)23-24-25/h4-7,11,18,27H,1-3,8-10,12-13,20H2,(H2,21,22,28)/t18-/m1/s1. The molecule has 28 heavy (non-hydrogen) atoms. The summed E-state index contributed by atoms with van der Waals surface area (Å²) in [6.45, 7) is 6.41. The third-order valence-corrected chi connectivity index (χ3v) is 4.82. The molecule has 0 aliphatic carbocycles. The molecule has 2 heterocycles. The third-order valence-electron chi connectivity index (χ3n) is 4.82. The number of nitrogen functional groups attached to an aromatic ring is 1. The van der Waals surface area contributed by atoms with Gasteiger partial charge in [0.1, 0.15) is 5.69 Å². The van der Waals surface area contributed by atoms with Gasteiger partial charge in [-0.25, -0.2) is 4.79 Å². The summed E-state index contributed by atoms with van der Waals surface area (Å²) >= 11 is 0. The van der Waals surface area contributed by atoms with Crippen LogP contribution in [0.3, 0.4) is 0 Å². The Labute approximate surface area is 164 Å². The number of hydrogen-bond donors (Lipinski definition) is 4. The molecule has 9 nitrogen and oxygen atoms in total. The number of aliphatic hydroxyl groups excluding tert-OH is 1. The summed E-state index contributed by atoms with van der Waals surface area (Å²) in [6, 6.07) is 7.40. The van der Waals surface area contributed by atoms with E-state index in [1.807, 2.05) is 24.3 Å². The minimum Gasteiger partial charge on any atom is -0.399 e. The molecule has 0 spiro atoms. The van der Waals surface area contributed by atoms with Crippen molar-refractivity contribution in [2.75, 3.05) is 18.8 Å². The Kier molecular flexibility index (Phi) is 6.49. The maximum Gasteiger partial charge on any atom is 0.315 e. The monoisotopic (exact) mass is 385 g/mol. The predicted molar refractivity (Wildman–Crippen MR) is 106 cm³/mol. The van der Waals surface area contributed by atoms with Crippen molar-refractivity contribution < 1.29 is 9.90 Å². The molecule has 2 amide bonds. The van der Waals surface area contributed by atoms with Crippen molar-refractivity contribution in [1.29, 1.82) is 0 Å². The van der Waals surface area contributed by atoms with Crippen LogP contribution in [0.5, 0.6) is 0 Å². The van der Waals surface area contributed by atoms with Crippen molar-refractivity contribution in [3.05, 3.63) is 54.0 Å². The summed E-state index contributed by atoms with van der Waals surface area (Å²) in [4.78, 5) is 14.3. The highest BCUT2D eigenvalue weighted by Gasteiger charge is 2.26. The summed E-state index contributed by atoms with van der Waals surface area (Å²) < 4.78 is 1.74. The SMILES string of the molecule is C=C(CNC(=O)NCc1ccc(N)cc1)N1CCC[C@@H]1Cn1cc(CO)nn1. The highest BCUT2D eigenvalue weighted by molar-refractivity contribution is 5.74. The maximum absolute atomic E-state index is 12.1. The topological polar surface area (TPSA) is 121 Å². The third kappa shape index (κ3) is 5.23. The summed E-state index contributed by atoms with van der Waals surface area (Å²) in [5, 5.41) is 22.7. The number of likely N-dealkylation sites (tertiary alicyclic amines) is 1. The molecular formula is C19H27N7O2. The number of hydrogen-bond acceptors (Lipinski definition) is 6. The van der Waals surface area contributed by atoms with E-state index in [1.54, 1.807) is 10.9 Å². The van der Waals surface area contributed by atoms with E-state index < -0.39 is 0 Å². The number of aliphatic hydroxyl groups is 1. The van der Waals surface area contributed by atoms with Crippen LogP contribution in [0.4, 0.5) is 10.5 Å². The fraction of sp³-hybridized carbons (Fsp3) is 0.421. The molecule has 5 N–H and O–H groups in total. The van der Waals surface area contributed by atoms with E-state index in [0.29, 0.717) is 31.0 Å². The van der Waals surface area contributed by atoms with Crippen LogP contribution >= 0.6 is 0 Å². The summed E-state index contributed by atoms with van der Waals surface area (Å²) in [5.74, 6) is 0. The molecule has 1 aliphatic rings. The molecule has 0 bridgehead atoms. The minimum absolute atomic E-state index is 0.115. The first-order valence-corrected chi connectivity index (χ1v) is 9.35. The Bertz CT molecular complexity index is 803. The van der Waals surface area contributed by atoms with Crippen LogP contribution in [-0.2, 0) is 19.7 Å². The number of nitrogens with two attached hydrogens (primary N) is 1. The summed E-state index contributed by atoms with van der Waals surface area (Å²) in [7, 11) is 0. The average molecular weight is 385 g/mol. The lowest BCUT2D eigenvalue weighted by Gasteiger charge is -2.28. The van der Waals surface area contributed by atoms with Gasteiger partial charge in [-0.2, -0.15) is 0 Å². The number of anilines is 1. The highest BCUT2D eigenvalue weighted by atomic mass is 16.3. The quantitative estimate of drug-likeness (QED) is 0.500. The second-order valence-electron chi connectivity index (χ2n) is 6.92. The zero-order valence-corrected chi connectivity index (χ0v) is 15.8. The van der Waals surface area contributed by atoms with Gasteiger partial charge in [0, 0.05) is 30.5 Å². The molecule has 1 atom stereocenters. The Morgan fingerprint density at radius 1 is 1.32 bits per heavy atom. The van der Waals surface area contributed by atoms with Crippen molar-refractivity contribution in [3.8, 4) is 0 Å². The largest absolute Gasteiger partial charge is 0.399 e. The number of aromatic nitrogens is 3. The molecule has 2 aromatic rings. The van der Waals surface area contributed by atoms with Crippen LogP contribution < -0.4 is 16.4 Å². The summed E-state index contributed by atoms with van der Waals surface area (Å²) in [5.41, 5.74) is 8.77. The van der Waals surface area contributed by atoms with Crippen molar-refractivity contribution in [1.82, 2.24) is 30.5 Å². The number of amides is 2. The fourth-order valence-electron chi connectivity index (χ4n) is 3.32. The van der Waals surface area contributed by atoms with E-state index >= 15 is 0 Å². The van der Waals surface area contributed by atoms with E-state index in [1.165, 1.54) is 0 Å². The smallest absolute Gasteiger partial charge is 0.315 e. The minimum atomic E-state index is -0.238. The zero-order chi connectivity index (χ0) is 19.9. The first-order valence-electron chi connectivity index (χ1n) is 9.35. The molecule has 1 aromatic heterocycles. The molecule has 0 saturated carbocycles. The van der Waals surface area contributed by atoms with Gasteiger partial charge < -0.3 is 26.4 Å². The molecule has 1 fully saturated rings. The molecule has 0 radical (unpaired) electrons. The van der Waals surface area contributed by atoms with Gasteiger partial charge >= 0.3 is 6.03 Å². The number of urea groups is 1. The van der Waals surface area contributed by atoms with Gasteiger partial charge in [-0.1, -0.05) is 23.9 Å². The van der Waals surface area contributed by atoms with Crippen molar-refractivity contribution in [3.63, 3.8) is 0 Å². The molecule has 1 saturated heterocycles. The Hall–Kier alpha value is -3.07. The van der Waals surface area contributed by atoms with Crippen molar-refractivity contribution in [2.45, 2.75) is 38.6 Å². The summed E-state index contributed by atoms with van der Waals surface area (Å²) in [6.07, 6.45) is 3.84. The second kappa shape index (κ2) is 9.23. The number of nitrogens with zero attached hydrogens (tertiary/aromatic N) is 4. The van der Waals surface area contributed by atoms with Crippen LogP contribution in [0.25, 0.3) is 0 Å². The van der Waals surface area contributed by atoms with Gasteiger partial charge in [0.25, 0.3) is 0 Å². The molecule has 1 aliphatic heterocycles. The molecule has 3 rings (SSSR count). The predicted octanol–water partition coefficient (Wildman–Crippen LogP) is 0.830. The highest BCUT2D eigenvalue weighted by Crippen LogP contribution is 2.22. The van der Waals surface area contributed by atoms with E-state index in [9.17, 15) is 4.79 Å².